The van der Waals surface area contributed by atoms with Crippen molar-refractivity contribution in [2.75, 3.05) is 13.2 Å². The third-order valence-corrected chi connectivity index (χ3v) is 3.47. The molecule has 1 aromatic rings. The first-order valence-corrected chi connectivity index (χ1v) is 6.15. The topological polar surface area (TPSA) is 81.4 Å². The average Bonchev–Trinajstić information content (AvgIpc) is 2.69. The number of carbonyl (C=O) groups excluding carboxylic acids is 2. The average molecular weight is 277 g/mol. The Kier molecular flexibility index (Phi) is 5.24. The van der Waals surface area contributed by atoms with Crippen LogP contribution in [-0.2, 0) is 9.53 Å². The molecule has 0 aliphatic heterocycles. The molecule has 7 heteroatoms. The first kappa shape index (κ1) is 13.8. The molecule has 17 heavy (non-hydrogen) atoms. The van der Waals surface area contributed by atoms with E-state index in [-0.39, 0.29) is 25.0 Å². The highest BCUT2D eigenvalue weighted by atomic mass is 35.5. The number of carbonyl (C=O) groups is 2. The SMILES string of the molecule is CC(C(=O)NCCOC(N)=O)c1ccc(Cl)s1. The molecule has 1 heterocycles. The summed E-state index contributed by atoms with van der Waals surface area (Å²) in [5, 5.41) is 2.64. The molecule has 0 bridgehead atoms. The van der Waals surface area contributed by atoms with E-state index in [0.29, 0.717) is 4.34 Å². The van der Waals surface area contributed by atoms with Gasteiger partial charge in [-0.15, -0.1) is 11.3 Å². The summed E-state index contributed by atoms with van der Waals surface area (Å²) in [6, 6.07) is 3.57. The van der Waals surface area contributed by atoms with Crippen LogP contribution < -0.4 is 11.1 Å². The van der Waals surface area contributed by atoms with E-state index in [9.17, 15) is 9.59 Å². The highest BCUT2D eigenvalue weighted by molar-refractivity contribution is 7.16. The Hall–Kier alpha value is -1.27. The maximum Gasteiger partial charge on any atom is 0.404 e. The van der Waals surface area contributed by atoms with Crippen LogP contribution in [0.1, 0.15) is 17.7 Å². The molecule has 0 radical (unpaired) electrons. The Labute approximate surface area is 108 Å². The number of amides is 2. The van der Waals surface area contributed by atoms with Crippen molar-refractivity contribution < 1.29 is 14.3 Å². The van der Waals surface area contributed by atoms with Crippen molar-refractivity contribution in [3.63, 3.8) is 0 Å². The quantitative estimate of drug-likeness (QED) is 0.804. The zero-order valence-corrected chi connectivity index (χ0v) is 10.8. The van der Waals surface area contributed by atoms with Crippen LogP contribution in [0.3, 0.4) is 0 Å². The van der Waals surface area contributed by atoms with Crippen molar-refractivity contribution >= 4 is 34.9 Å². The molecule has 2 amide bonds. The van der Waals surface area contributed by atoms with E-state index in [1.54, 1.807) is 13.0 Å². The molecule has 1 aromatic heterocycles. The summed E-state index contributed by atoms with van der Waals surface area (Å²) in [5.74, 6) is -0.419. The number of primary amides is 1. The second-order valence-corrected chi connectivity index (χ2v) is 5.07. The Balaban J connectivity index is 2.35. The van der Waals surface area contributed by atoms with E-state index in [2.05, 4.69) is 10.1 Å². The Morgan fingerprint density at radius 2 is 2.29 bits per heavy atom. The van der Waals surface area contributed by atoms with Gasteiger partial charge in [0.2, 0.25) is 5.91 Å². The van der Waals surface area contributed by atoms with E-state index in [4.69, 9.17) is 17.3 Å². The van der Waals surface area contributed by atoms with Gasteiger partial charge in [-0.05, 0) is 19.1 Å². The predicted molar refractivity (Wildman–Crippen MR) is 66.3 cm³/mol. The molecule has 1 rings (SSSR count). The highest BCUT2D eigenvalue weighted by Gasteiger charge is 2.16. The number of rotatable bonds is 5. The van der Waals surface area contributed by atoms with Crippen LogP contribution in [0, 0.1) is 0 Å². The molecule has 1 atom stereocenters. The van der Waals surface area contributed by atoms with E-state index in [0.717, 1.165) is 4.88 Å². The van der Waals surface area contributed by atoms with Crippen LogP contribution in [0.5, 0.6) is 0 Å². The molecule has 0 aliphatic rings. The number of thiophene rings is 1. The lowest BCUT2D eigenvalue weighted by Crippen LogP contribution is -2.31. The van der Waals surface area contributed by atoms with Crippen molar-refractivity contribution in [2.24, 2.45) is 5.73 Å². The lowest BCUT2D eigenvalue weighted by molar-refractivity contribution is -0.122. The van der Waals surface area contributed by atoms with Crippen LogP contribution in [0.25, 0.3) is 0 Å². The third kappa shape index (κ3) is 4.62. The Morgan fingerprint density at radius 3 is 2.82 bits per heavy atom. The molecule has 0 saturated heterocycles. The first-order chi connectivity index (χ1) is 8.00. The molecule has 94 valence electrons. The van der Waals surface area contributed by atoms with Crippen LogP contribution >= 0.6 is 22.9 Å². The van der Waals surface area contributed by atoms with Gasteiger partial charge >= 0.3 is 6.09 Å². The lowest BCUT2D eigenvalue weighted by Gasteiger charge is -2.10. The molecular weight excluding hydrogens is 264 g/mol. The second-order valence-electron chi connectivity index (χ2n) is 3.32. The molecule has 0 aliphatic carbocycles. The fraction of sp³-hybridized carbons (Fsp3) is 0.400. The van der Waals surface area contributed by atoms with Crippen LogP contribution in [0.4, 0.5) is 4.79 Å². The summed E-state index contributed by atoms with van der Waals surface area (Å²) in [6.45, 7) is 2.09. The molecule has 0 saturated carbocycles. The van der Waals surface area contributed by atoms with Crippen molar-refractivity contribution in [1.29, 1.82) is 0 Å². The number of nitrogens with one attached hydrogen (secondary N) is 1. The maximum absolute atomic E-state index is 11.7. The second kappa shape index (κ2) is 6.46. The number of hydrogen-bond donors (Lipinski definition) is 2. The van der Waals surface area contributed by atoms with Crippen LogP contribution in [0.2, 0.25) is 4.34 Å². The predicted octanol–water partition coefficient (Wildman–Crippen LogP) is 1.72. The minimum absolute atomic E-state index is 0.0684. The normalized spacial score (nSPS) is 11.9. The highest BCUT2D eigenvalue weighted by Crippen LogP contribution is 2.27. The third-order valence-electron chi connectivity index (χ3n) is 2.06. The van der Waals surface area contributed by atoms with Gasteiger partial charge in [0.15, 0.2) is 0 Å². The van der Waals surface area contributed by atoms with Crippen LogP contribution in [0.15, 0.2) is 12.1 Å². The number of halogens is 1. The van der Waals surface area contributed by atoms with Gasteiger partial charge in [-0.3, -0.25) is 4.79 Å². The fourth-order valence-corrected chi connectivity index (χ4v) is 2.28. The smallest absolute Gasteiger partial charge is 0.404 e. The van der Waals surface area contributed by atoms with Crippen molar-refractivity contribution in [3.8, 4) is 0 Å². The van der Waals surface area contributed by atoms with Gasteiger partial charge < -0.3 is 15.8 Å². The molecule has 0 fully saturated rings. The molecule has 5 nitrogen and oxygen atoms in total. The standard InChI is InChI=1S/C10H13ClN2O3S/c1-6(7-2-3-8(11)17-7)9(14)13-4-5-16-10(12)15/h2-3,6H,4-5H2,1H3,(H2,12,15)(H,13,14). The first-order valence-electron chi connectivity index (χ1n) is 4.96. The van der Waals surface area contributed by atoms with Crippen molar-refractivity contribution in [2.45, 2.75) is 12.8 Å². The summed E-state index contributed by atoms with van der Waals surface area (Å²) in [7, 11) is 0. The minimum Gasteiger partial charge on any atom is -0.448 e. The molecular formula is C10H13ClN2O3S. The van der Waals surface area contributed by atoms with Gasteiger partial charge in [0, 0.05) is 4.88 Å². The zero-order chi connectivity index (χ0) is 12.8. The van der Waals surface area contributed by atoms with E-state index >= 15 is 0 Å². The van der Waals surface area contributed by atoms with Crippen molar-refractivity contribution in [1.82, 2.24) is 5.32 Å². The van der Waals surface area contributed by atoms with Gasteiger partial charge in [-0.2, -0.15) is 0 Å². The summed E-state index contributed by atoms with van der Waals surface area (Å²) < 4.78 is 5.14. The van der Waals surface area contributed by atoms with E-state index < -0.39 is 6.09 Å². The summed E-state index contributed by atoms with van der Waals surface area (Å²) in [6.07, 6.45) is -0.850. The minimum atomic E-state index is -0.850. The van der Waals surface area contributed by atoms with E-state index in [1.165, 1.54) is 11.3 Å². The Morgan fingerprint density at radius 1 is 1.59 bits per heavy atom. The maximum atomic E-state index is 11.7. The van der Waals surface area contributed by atoms with Crippen LogP contribution in [-0.4, -0.2) is 25.2 Å². The molecule has 0 spiro atoms. The van der Waals surface area contributed by atoms with Gasteiger partial charge in [-0.25, -0.2) is 4.79 Å². The van der Waals surface area contributed by atoms with Gasteiger partial charge in [0.25, 0.3) is 0 Å². The largest absolute Gasteiger partial charge is 0.448 e. The summed E-state index contributed by atoms with van der Waals surface area (Å²) >= 11 is 7.15. The summed E-state index contributed by atoms with van der Waals surface area (Å²) in [4.78, 5) is 22.8. The Bertz CT molecular complexity index is 408. The monoisotopic (exact) mass is 276 g/mol. The zero-order valence-electron chi connectivity index (χ0n) is 9.23. The van der Waals surface area contributed by atoms with Gasteiger partial charge in [0.1, 0.15) is 6.61 Å². The van der Waals surface area contributed by atoms with E-state index in [1.807, 2.05) is 6.07 Å². The lowest BCUT2D eigenvalue weighted by atomic mass is 10.1. The van der Waals surface area contributed by atoms with Gasteiger partial charge in [0.05, 0.1) is 16.8 Å². The molecule has 1 unspecified atom stereocenters. The fourth-order valence-electron chi connectivity index (χ4n) is 1.17. The number of ether oxygens (including phenoxy) is 1. The summed E-state index contributed by atoms with van der Waals surface area (Å²) in [5.41, 5.74) is 4.78. The number of hydrogen-bond acceptors (Lipinski definition) is 4. The molecule has 3 N–H and O–H groups in total. The van der Waals surface area contributed by atoms with Crippen molar-refractivity contribution in [3.05, 3.63) is 21.3 Å². The number of nitrogens with two attached hydrogens (primary N) is 1. The van der Waals surface area contributed by atoms with Gasteiger partial charge in [-0.1, -0.05) is 11.6 Å². The molecule has 0 aromatic carbocycles.